The molecule has 4 heterocycles. The minimum absolute atomic E-state index is 0.0340. The zero-order chi connectivity index (χ0) is 20.0. The van der Waals surface area contributed by atoms with E-state index in [-0.39, 0.29) is 5.91 Å². The molecule has 0 atom stereocenters. The Hall–Kier alpha value is -3.68. The van der Waals surface area contributed by atoms with Crippen LogP contribution in [0.2, 0.25) is 0 Å². The van der Waals surface area contributed by atoms with Crippen LogP contribution in [0.15, 0.2) is 55.4 Å². The molecular formula is C21H21N7O. The highest BCUT2D eigenvalue weighted by molar-refractivity contribution is 5.94. The van der Waals surface area contributed by atoms with E-state index < -0.39 is 0 Å². The van der Waals surface area contributed by atoms with Gasteiger partial charge in [0.25, 0.3) is 0 Å². The molecule has 29 heavy (non-hydrogen) atoms. The van der Waals surface area contributed by atoms with Crippen LogP contribution >= 0.6 is 0 Å². The second-order valence-corrected chi connectivity index (χ2v) is 7.14. The third kappa shape index (κ3) is 2.84. The van der Waals surface area contributed by atoms with Crippen molar-refractivity contribution in [3.8, 4) is 11.4 Å². The molecule has 1 aliphatic heterocycles. The molecule has 0 saturated carbocycles. The molecule has 1 fully saturated rings. The van der Waals surface area contributed by atoms with Crippen molar-refractivity contribution < 1.29 is 4.79 Å². The van der Waals surface area contributed by atoms with E-state index in [1.165, 1.54) is 6.08 Å². The molecule has 3 aromatic heterocycles. The van der Waals surface area contributed by atoms with Gasteiger partial charge in [0.05, 0.1) is 6.20 Å². The molecular weight excluding hydrogens is 366 g/mol. The Bertz CT molecular complexity index is 1230. The molecule has 0 spiro atoms. The lowest BCUT2D eigenvalue weighted by Crippen LogP contribution is -2.48. The van der Waals surface area contributed by atoms with E-state index in [0.717, 1.165) is 27.9 Å². The van der Waals surface area contributed by atoms with Gasteiger partial charge in [-0.05, 0) is 12.1 Å². The van der Waals surface area contributed by atoms with Gasteiger partial charge in [0.2, 0.25) is 11.9 Å². The van der Waals surface area contributed by atoms with Crippen LogP contribution in [0.1, 0.15) is 0 Å². The van der Waals surface area contributed by atoms with E-state index in [2.05, 4.69) is 39.5 Å². The largest absolute Gasteiger partial charge is 0.350 e. The maximum Gasteiger partial charge on any atom is 0.246 e. The molecule has 8 nitrogen and oxygen atoms in total. The first kappa shape index (κ1) is 17.4. The summed E-state index contributed by atoms with van der Waals surface area (Å²) in [6.07, 6.45) is 5.19. The van der Waals surface area contributed by atoms with Crippen LogP contribution in [0.3, 0.4) is 0 Å². The van der Waals surface area contributed by atoms with Crippen molar-refractivity contribution >= 4 is 28.4 Å². The second kappa shape index (κ2) is 6.73. The number of hydrogen-bond acceptors (Lipinski definition) is 5. The number of para-hydroxylation sites is 1. The Labute approximate surface area is 167 Å². The fourth-order valence-corrected chi connectivity index (χ4v) is 3.91. The third-order valence-electron chi connectivity index (χ3n) is 5.43. The van der Waals surface area contributed by atoms with Gasteiger partial charge in [-0.2, -0.15) is 19.6 Å². The van der Waals surface area contributed by atoms with E-state index in [9.17, 15) is 4.79 Å². The Morgan fingerprint density at radius 2 is 1.90 bits per heavy atom. The van der Waals surface area contributed by atoms with Crippen molar-refractivity contribution in [2.75, 3.05) is 31.1 Å². The summed E-state index contributed by atoms with van der Waals surface area (Å²) in [4.78, 5) is 25.4. The monoisotopic (exact) mass is 387 g/mol. The number of anilines is 1. The predicted molar refractivity (Wildman–Crippen MR) is 112 cm³/mol. The summed E-state index contributed by atoms with van der Waals surface area (Å²) in [5.74, 6) is 1.39. The lowest BCUT2D eigenvalue weighted by molar-refractivity contribution is -0.126. The number of hydrogen-bond donors (Lipinski definition) is 0. The van der Waals surface area contributed by atoms with Crippen LogP contribution in [0.5, 0.6) is 0 Å². The Morgan fingerprint density at radius 3 is 2.69 bits per heavy atom. The molecule has 0 bridgehead atoms. The molecule has 146 valence electrons. The zero-order valence-corrected chi connectivity index (χ0v) is 16.2. The summed E-state index contributed by atoms with van der Waals surface area (Å²) >= 11 is 0. The number of fused-ring (bicyclic) bond motifs is 2. The van der Waals surface area contributed by atoms with Crippen LogP contribution in [-0.4, -0.2) is 61.1 Å². The number of aryl methyl sites for hydroxylation is 1. The van der Waals surface area contributed by atoms with E-state index in [0.29, 0.717) is 32.1 Å². The molecule has 0 N–H and O–H groups in total. The predicted octanol–water partition coefficient (Wildman–Crippen LogP) is 2.12. The summed E-state index contributed by atoms with van der Waals surface area (Å²) in [5.41, 5.74) is 2.91. The molecule has 1 saturated heterocycles. The lowest BCUT2D eigenvalue weighted by Gasteiger charge is -2.34. The van der Waals surface area contributed by atoms with Gasteiger partial charge >= 0.3 is 0 Å². The summed E-state index contributed by atoms with van der Waals surface area (Å²) in [7, 11) is 2.03. The molecule has 0 radical (unpaired) electrons. The average Bonchev–Trinajstić information content (AvgIpc) is 3.37. The maximum absolute atomic E-state index is 11.9. The average molecular weight is 387 g/mol. The molecule has 4 aromatic rings. The standard InChI is InChI=1S/C21H21N7O/c1-3-19(29)26-10-12-27(13-11-26)21-23-18-8-9-22-28(18)20(24-21)16-14-25(2)17-7-5-4-6-15(16)17/h3-9,14H,1,10-13H2,2H3. The Balaban J connectivity index is 1.58. The quantitative estimate of drug-likeness (QED) is 0.504. The smallest absolute Gasteiger partial charge is 0.246 e. The summed E-state index contributed by atoms with van der Waals surface area (Å²) in [6, 6.07) is 10.1. The Morgan fingerprint density at radius 1 is 1.10 bits per heavy atom. The van der Waals surface area contributed by atoms with Gasteiger partial charge in [-0.25, -0.2) is 0 Å². The SMILES string of the molecule is C=CC(=O)N1CCN(c2nc(-c3cn(C)c4ccccc34)n3nccc3n2)CC1. The first-order valence-electron chi connectivity index (χ1n) is 9.58. The number of aromatic nitrogens is 5. The number of carbonyl (C=O) groups is 1. The van der Waals surface area contributed by atoms with Crippen LogP contribution in [0, 0.1) is 0 Å². The van der Waals surface area contributed by atoms with Crippen molar-refractivity contribution in [2.24, 2.45) is 7.05 Å². The normalized spacial score (nSPS) is 14.7. The number of benzene rings is 1. The van der Waals surface area contributed by atoms with Gasteiger partial charge in [-0.3, -0.25) is 4.79 Å². The molecule has 5 rings (SSSR count). The first-order chi connectivity index (χ1) is 14.2. The van der Waals surface area contributed by atoms with E-state index in [1.54, 1.807) is 15.6 Å². The van der Waals surface area contributed by atoms with Crippen molar-refractivity contribution in [1.82, 2.24) is 29.0 Å². The van der Waals surface area contributed by atoms with Crippen LogP contribution in [0.25, 0.3) is 27.9 Å². The zero-order valence-electron chi connectivity index (χ0n) is 16.2. The number of carbonyl (C=O) groups excluding carboxylic acids is 1. The summed E-state index contributed by atoms with van der Waals surface area (Å²) in [6.45, 7) is 6.19. The highest BCUT2D eigenvalue weighted by atomic mass is 16.2. The highest BCUT2D eigenvalue weighted by Crippen LogP contribution is 2.30. The fraction of sp³-hybridized carbons (Fsp3) is 0.238. The van der Waals surface area contributed by atoms with Gasteiger partial charge in [-0.15, -0.1) is 0 Å². The summed E-state index contributed by atoms with van der Waals surface area (Å²) in [5, 5.41) is 5.57. The molecule has 1 aliphatic rings. The number of rotatable bonds is 3. The first-order valence-corrected chi connectivity index (χ1v) is 9.58. The van der Waals surface area contributed by atoms with Crippen molar-refractivity contribution in [3.05, 3.63) is 55.4 Å². The van der Waals surface area contributed by atoms with Crippen molar-refractivity contribution in [2.45, 2.75) is 0 Å². The topological polar surface area (TPSA) is 71.6 Å². The van der Waals surface area contributed by atoms with Crippen molar-refractivity contribution in [3.63, 3.8) is 0 Å². The maximum atomic E-state index is 11.9. The lowest BCUT2D eigenvalue weighted by atomic mass is 10.1. The van der Waals surface area contributed by atoms with Crippen LogP contribution in [0.4, 0.5) is 5.95 Å². The third-order valence-corrected chi connectivity index (χ3v) is 5.43. The van der Waals surface area contributed by atoms with E-state index in [1.807, 2.05) is 25.2 Å². The van der Waals surface area contributed by atoms with E-state index >= 15 is 0 Å². The highest BCUT2D eigenvalue weighted by Gasteiger charge is 2.23. The van der Waals surface area contributed by atoms with Gasteiger partial charge < -0.3 is 14.4 Å². The minimum Gasteiger partial charge on any atom is -0.350 e. The van der Waals surface area contributed by atoms with Crippen LogP contribution in [-0.2, 0) is 11.8 Å². The van der Waals surface area contributed by atoms with Gasteiger partial charge in [0.15, 0.2) is 11.5 Å². The van der Waals surface area contributed by atoms with Gasteiger partial charge in [0.1, 0.15) is 0 Å². The molecule has 1 aromatic carbocycles. The number of amides is 1. The van der Waals surface area contributed by atoms with Gasteiger partial charge in [0, 0.05) is 62.0 Å². The van der Waals surface area contributed by atoms with Gasteiger partial charge in [-0.1, -0.05) is 24.8 Å². The van der Waals surface area contributed by atoms with E-state index in [4.69, 9.17) is 9.97 Å². The Kier molecular flexibility index (Phi) is 4.04. The molecule has 0 aliphatic carbocycles. The fourth-order valence-electron chi connectivity index (χ4n) is 3.91. The molecule has 8 heteroatoms. The minimum atomic E-state index is -0.0340. The molecule has 1 amide bonds. The summed E-state index contributed by atoms with van der Waals surface area (Å²) < 4.78 is 3.88. The second-order valence-electron chi connectivity index (χ2n) is 7.14. The van der Waals surface area contributed by atoms with Crippen molar-refractivity contribution in [1.29, 1.82) is 0 Å². The van der Waals surface area contributed by atoms with Crippen LogP contribution < -0.4 is 4.90 Å². The number of nitrogens with zero attached hydrogens (tertiary/aromatic N) is 7. The molecule has 0 unspecified atom stereocenters. The number of piperazine rings is 1.